The van der Waals surface area contributed by atoms with Gasteiger partial charge >= 0.3 is 12.0 Å². The highest BCUT2D eigenvalue weighted by Crippen LogP contribution is 2.38. The van der Waals surface area contributed by atoms with Gasteiger partial charge in [-0.15, -0.1) is 11.3 Å². The molecule has 10 heteroatoms. The molecule has 2 aliphatic rings. The Bertz CT molecular complexity index is 1090. The molecule has 2 aromatic rings. The molecule has 4 rings (SSSR count). The van der Waals surface area contributed by atoms with Gasteiger partial charge in [0.15, 0.2) is 0 Å². The first kappa shape index (κ1) is 22.8. The summed E-state index contributed by atoms with van der Waals surface area (Å²) in [4.78, 5) is 25.5. The quantitative estimate of drug-likeness (QED) is 0.588. The highest BCUT2D eigenvalue weighted by Gasteiger charge is 2.30. The van der Waals surface area contributed by atoms with Crippen LogP contribution in [0.25, 0.3) is 0 Å². The topological polar surface area (TPSA) is 116 Å². The summed E-state index contributed by atoms with van der Waals surface area (Å²) in [5.41, 5.74) is 1.08. The van der Waals surface area contributed by atoms with Crippen molar-refractivity contribution in [2.75, 3.05) is 25.0 Å². The molecule has 1 aliphatic carbocycles. The van der Waals surface area contributed by atoms with Crippen molar-refractivity contribution in [2.45, 2.75) is 43.4 Å². The minimum absolute atomic E-state index is 0.165. The lowest BCUT2D eigenvalue weighted by Gasteiger charge is -2.31. The standard InChI is InChI=1S/C22H27N3O5S2/c26-21(27)19-17-8-4-5-9-18(17)31-20(19)24-22(28)23-14-15-10-12-25(13-11-15)32(29,30)16-6-2-1-3-7-16/h1-3,6-7,15H,4-5,8-14H2,(H,26,27)(H2,23,24,28). The van der Waals surface area contributed by atoms with E-state index >= 15 is 0 Å². The van der Waals surface area contributed by atoms with Crippen LogP contribution in [-0.4, -0.2) is 49.5 Å². The van der Waals surface area contributed by atoms with E-state index < -0.39 is 22.0 Å². The van der Waals surface area contributed by atoms with Crippen LogP contribution in [0.2, 0.25) is 0 Å². The van der Waals surface area contributed by atoms with Gasteiger partial charge in [-0.1, -0.05) is 18.2 Å². The summed E-state index contributed by atoms with van der Waals surface area (Å²) in [7, 11) is -3.49. The Kier molecular flexibility index (Phi) is 6.82. The number of thiophene rings is 1. The summed E-state index contributed by atoms with van der Waals surface area (Å²) in [5.74, 6) is -0.842. The van der Waals surface area contributed by atoms with E-state index in [0.29, 0.717) is 42.4 Å². The number of rotatable bonds is 6. The molecule has 0 atom stereocenters. The second-order valence-electron chi connectivity index (χ2n) is 8.22. The molecule has 1 aromatic carbocycles. The lowest BCUT2D eigenvalue weighted by molar-refractivity contribution is 0.0697. The average Bonchev–Trinajstić information content (AvgIpc) is 3.16. The average molecular weight is 478 g/mol. The van der Waals surface area contributed by atoms with E-state index in [1.54, 1.807) is 30.3 Å². The smallest absolute Gasteiger partial charge is 0.339 e. The van der Waals surface area contributed by atoms with Crippen molar-refractivity contribution in [1.29, 1.82) is 0 Å². The van der Waals surface area contributed by atoms with Crippen molar-refractivity contribution < 1.29 is 23.1 Å². The number of hydrogen-bond acceptors (Lipinski definition) is 5. The molecule has 2 amide bonds. The summed E-state index contributed by atoms with van der Waals surface area (Å²) in [6, 6.07) is 7.98. The number of anilines is 1. The second-order valence-corrected chi connectivity index (χ2v) is 11.3. The van der Waals surface area contributed by atoms with Crippen molar-refractivity contribution in [3.8, 4) is 0 Å². The van der Waals surface area contributed by atoms with Gasteiger partial charge in [0, 0.05) is 24.5 Å². The summed E-state index contributed by atoms with van der Waals surface area (Å²) in [6.07, 6.45) is 4.90. The van der Waals surface area contributed by atoms with Crippen LogP contribution in [0.1, 0.15) is 46.5 Å². The molecule has 0 radical (unpaired) electrons. The van der Waals surface area contributed by atoms with Gasteiger partial charge in [0.2, 0.25) is 10.0 Å². The largest absolute Gasteiger partial charge is 0.478 e. The van der Waals surface area contributed by atoms with Crippen LogP contribution in [0.4, 0.5) is 9.80 Å². The molecular weight excluding hydrogens is 450 g/mol. The molecule has 172 valence electrons. The lowest BCUT2D eigenvalue weighted by atomic mass is 9.95. The number of carbonyl (C=O) groups is 2. The van der Waals surface area contributed by atoms with Gasteiger partial charge in [0.25, 0.3) is 0 Å². The number of carboxylic acids is 1. The first-order chi connectivity index (χ1) is 15.4. The predicted octanol–water partition coefficient (Wildman–Crippen LogP) is 3.55. The monoisotopic (exact) mass is 477 g/mol. The molecule has 2 heterocycles. The second kappa shape index (κ2) is 9.60. The fourth-order valence-corrected chi connectivity index (χ4v) is 7.13. The highest BCUT2D eigenvalue weighted by atomic mass is 32.2. The van der Waals surface area contributed by atoms with Gasteiger partial charge < -0.3 is 10.4 Å². The maximum absolute atomic E-state index is 12.7. The predicted molar refractivity (Wildman–Crippen MR) is 123 cm³/mol. The molecular formula is C22H27N3O5S2. The van der Waals surface area contributed by atoms with Crippen molar-refractivity contribution in [1.82, 2.24) is 9.62 Å². The molecule has 0 bridgehead atoms. The Morgan fingerprint density at radius 2 is 1.78 bits per heavy atom. The zero-order valence-electron chi connectivity index (χ0n) is 17.7. The SMILES string of the molecule is O=C(NCC1CCN(S(=O)(=O)c2ccccc2)CC1)Nc1sc2c(c1C(=O)O)CCCC2. The van der Waals surface area contributed by atoms with E-state index in [4.69, 9.17) is 0 Å². The number of sulfonamides is 1. The van der Waals surface area contributed by atoms with E-state index in [-0.39, 0.29) is 11.5 Å². The Labute approximate surface area is 191 Å². The van der Waals surface area contributed by atoms with E-state index in [0.717, 1.165) is 36.1 Å². The van der Waals surface area contributed by atoms with Crippen molar-refractivity contribution in [3.05, 3.63) is 46.3 Å². The number of amides is 2. The van der Waals surface area contributed by atoms with Gasteiger partial charge in [-0.3, -0.25) is 5.32 Å². The van der Waals surface area contributed by atoms with E-state index in [1.807, 2.05) is 0 Å². The van der Waals surface area contributed by atoms with Crippen LogP contribution in [0.15, 0.2) is 35.2 Å². The first-order valence-electron chi connectivity index (χ1n) is 10.8. The number of fused-ring (bicyclic) bond motifs is 1. The molecule has 8 nitrogen and oxygen atoms in total. The zero-order chi connectivity index (χ0) is 22.7. The molecule has 1 aliphatic heterocycles. The maximum atomic E-state index is 12.7. The van der Waals surface area contributed by atoms with Crippen LogP contribution >= 0.6 is 11.3 Å². The molecule has 32 heavy (non-hydrogen) atoms. The number of nitrogens with zero attached hydrogens (tertiary/aromatic N) is 1. The molecule has 0 saturated carbocycles. The van der Waals surface area contributed by atoms with Crippen LogP contribution in [0.3, 0.4) is 0 Å². The normalized spacial score (nSPS) is 17.5. The summed E-state index contributed by atoms with van der Waals surface area (Å²) >= 11 is 1.35. The number of piperidine rings is 1. The number of nitrogens with one attached hydrogen (secondary N) is 2. The Morgan fingerprint density at radius 3 is 2.47 bits per heavy atom. The fraction of sp³-hybridized carbons (Fsp3) is 0.455. The number of benzene rings is 1. The van der Waals surface area contributed by atoms with Crippen LogP contribution in [0.5, 0.6) is 0 Å². The maximum Gasteiger partial charge on any atom is 0.339 e. The number of aromatic carboxylic acids is 1. The van der Waals surface area contributed by atoms with E-state index in [1.165, 1.54) is 15.6 Å². The zero-order valence-corrected chi connectivity index (χ0v) is 19.3. The van der Waals surface area contributed by atoms with Crippen molar-refractivity contribution >= 4 is 38.4 Å². The Morgan fingerprint density at radius 1 is 1.09 bits per heavy atom. The molecule has 0 unspecified atom stereocenters. The molecule has 0 spiro atoms. The lowest BCUT2D eigenvalue weighted by Crippen LogP contribution is -2.42. The van der Waals surface area contributed by atoms with Gasteiger partial charge in [-0.25, -0.2) is 18.0 Å². The third kappa shape index (κ3) is 4.82. The van der Waals surface area contributed by atoms with Crippen LogP contribution in [-0.2, 0) is 22.9 Å². The fourth-order valence-electron chi connectivity index (χ4n) is 4.36. The molecule has 1 fully saturated rings. The minimum Gasteiger partial charge on any atom is -0.478 e. The van der Waals surface area contributed by atoms with Crippen LogP contribution < -0.4 is 10.6 Å². The molecule has 1 aromatic heterocycles. The van der Waals surface area contributed by atoms with E-state index in [9.17, 15) is 23.1 Å². The molecule has 3 N–H and O–H groups in total. The number of carbonyl (C=O) groups excluding carboxylic acids is 1. The highest BCUT2D eigenvalue weighted by molar-refractivity contribution is 7.89. The summed E-state index contributed by atoms with van der Waals surface area (Å²) < 4.78 is 27.0. The summed E-state index contributed by atoms with van der Waals surface area (Å²) in [5, 5.41) is 15.6. The third-order valence-electron chi connectivity index (χ3n) is 6.12. The van der Waals surface area contributed by atoms with Crippen molar-refractivity contribution in [3.63, 3.8) is 0 Å². The number of aryl methyl sites for hydroxylation is 1. The summed E-state index contributed by atoms with van der Waals surface area (Å²) in [6.45, 7) is 1.23. The number of carboxylic acid groups (broad SMARTS) is 1. The molecule has 1 saturated heterocycles. The minimum atomic E-state index is -3.49. The van der Waals surface area contributed by atoms with Gasteiger partial charge in [0.05, 0.1) is 10.5 Å². The van der Waals surface area contributed by atoms with Crippen LogP contribution in [0, 0.1) is 5.92 Å². The van der Waals surface area contributed by atoms with Gasteiger partial charge in [-0.2, -0.15) is 4.31 Å². The number of hydrogen-bond donors (Lipinski definition) is 3. The van der Waals surface area contributed by atoms with Crippen molar-refractivity contribution in [2.24, 2.45) is 5.92 Å². The van der Waals surface area contributed by atoms with Gasteiger partial charge in [0.1, 0.15) is 5.00 Å². The Hall–Kier alpha value is -2.43. The third-order valence-corrected chi connectivity index (χ3v) is 9.24. The first-order valence-corrected chi connectivity index (χ1v) is 13.1. The Balaban J connectivity index is 1.30. The van der Waals surface area contributed by atoms with E-state index in [2.05, 4.69) is 10.6 Å². The number of urea groups is 1. The van der Waals surface area contributed by atoms with Gasteiger partial charge in [-0.05, 0) is 62.1 Å².